The Labute approximate surface area is 139 Å². The van der Waals surface area contributed by atoms with Crippen LogP contribution in [0.3, 0.4) is 0 Å². The molecule has 3 unspecified atom stereocenters. The molecule has 0 saturated carbocycles. The number of nitrogens with one attached hydrogen (secondary N) is 2. The first-order valence-corrected chi connectivity index (χ1v) is 8.79. The zero-order chi connectivity index (χ0) is 16.7. The van der Waals surface area contributed by atoms with Crippen molar-refractivity contribution in [1.29, 1.82) is 0 Å². The Hall–Kier alpha value is -1.39. The van der Waals surface area contributed by atoms with Crippen molar-refractivity contribution in [2.24, 2.45) is 11.8 Å². The van der Waals surface area contributed by atoms with Gasteiger partial charge in [-0.25, -0.2) is 0 Å². The van der Waals surface area contributed by atoms with Crippen LogP contribution < -0.4 is 10.6 Å². The van der Waals surface area contributed by atoms with Gasteiger partial charge in [-0.2, -0.15) is 0 Å². The molecule has 3 atom stereocenters. The molecular formula is C19H30N2O2. The molecule has 0 bridgehead atoms. The van der Waals surface area contributed by atoms with Crippen LogP contribution >= 0.6 is 0 Å². The molecule has 2 rings (SSSR count). The van der Waals surface area contributed by atoms with Crippen molar-refractivity contribution in [3.8, 4) is 0 Å². The van der Waals surface area contributed by atoms with Crippen LogP contribution in [0.2, 0.25) is 0 Å². The lowest BCUT2D eigenvalue weighted by molar-refractivity contribution is -0.123. The van der Waals surface area contributed by atoms with Crippen molar-refractivity contribution in [2.75, 3.05) is 13.1 Å². The van der Waals surface area contributed by atoms with E-state index >= 15 is 0 Å². The molecule has 23 heavy (non-hydrogen) atoms. The highest BCUT2D eigenvalue weighted by Crippen LogP contribution is 2.24. The van der Waals surface area contributed by atoms with Gasteiger partial charge in [-0.3, -0.25) is 4.79 Å². The fourth-order valence-corrected chi connectivity index (χ4v) is 3.41. The van der Waals surface area contributed by atoms with Crippen LogP contribution in [0, 0.1) is 11.8 Å². The summed E-state index contributed by atoms with van der Waals surface area (Å²) in [4.78, 5) is 12.2. The number of carbonyl (C=O) groups excluding carboxylic acids is 1. The van der Waals surface area contributed by atoms with Gasteiger partial charge in [0.1, 0.15) is 0 Å². The van der Waals surface area contributed by atoms with E-state index in [1.807, 2.05) is 37.3 Å². The number of carbonyl (C=O) groups is 1. The molecule has 3 N–H and O–H groups in total. The minimum Gasteiger partial charge on any atom is -0.388 e. The van der Waals surface area contributed by atoms with Crippen molar-refractivity contribution in [3.05, 3.63) is 35.9 Å². The summed E-state index contributed by atoms with van der Waals surface area (Å²) in [5, 5.41) is 16.6. The lowest BCUT2D eigenvalue weighted by Crippen LogP contribution is -2.37. The predicted octanol–water partition coefficient (Wildman–Crippen LogP) is 2.64. The Morgan fingerprint density at radius 3 is 2.57 bits per heavy atom. The summed E-state index contributed by atoms with van der Waals surface area (Å²) >= 11 is 0. The van der Waals surface area contributed by atoms with Crippen LogP contribution in [-0.2, 0) is 4.79 Å². The van der Waals surface area contributed by atoms with Crippen molar-refractivity contribution >= 4 is 5.91 Å². The molecule has 0 aromatic heterocycles. The number of benzene rings is 1. The van der Waals surface area contributed by atoms with Crippen molar-refractivity contribution in [1.82, 2.24) is 10.6 Å². The highest BCUT2D eigenvalue weighted by Gasteiger charge is 2.23. The molecule has 1 aromatic rings. The van der Waals surface area contributed by atoms with Crippen LogP contribution in [-0.4, -0.2) is 30.1 Å². The van der Waals surface area contributed by atoms with E-state index < -0.39 is 6.10 Å². The molecule has 0 aliphatic carbocycles. The van der Waals surface area contributed by atoms with Crippen LogP contribution in [0.4, 0.5) is 0 Å². The predicted molar refractivity (Wildman–Crippen MR) is 93.0 cm³/mol. The van der Waals surface area contributed by atoms with Crippen LogP contribution in [0.1, 0.15) is 51.2 Å². The van der Waals surface area contributed by atoms with Gasteiger partial charge in [0, 0.05) is 12.5 Å². The lowest BCUT2D eigenvalue weighted by atomic mass is 9.84. The van der Waals surface area contributed by atoms with E-state index in [1.54, 1.807) is 0 Å². The topological polar surface area (TPSA) is 61.4 Å². The molecule has 1 aliphatic heterocycles. The van der Waals surface area contributed by atoms with Gasteiger partial charge in [0.25, 0.3) is 0 Å². The van der Waals surface area contributed by atoms with Crippen molar-refractivity contribution in [2.45, 2.75) is 51.7 Å². The van der Waals surface area contributed by atoms with Gasteiger partial charge in [0.05, 0.1) is 6.10 Å². The van der Waals surface area contributed by atoms with Gasteiger partial charge in [0.2, 0.25) is 5.91 Å². The third-order valence-corrected chi connectivity index (χ3v) is 4.86. The van der Waals surface area contributed by atoms with Gasteiger partial charge in [-0.15, -0.1) is 0 Å². The monoisotopic (exact) mass is 318 g/mol. The summed E-state index contributed by atoms with van der Waals surface area (Å²) in [6, 6.07) is 9.57. The molecule has 1 aromatic carbocycles. The quantitative estimate of drug-likeness (QED) is 0.724. The number of piperidine rings is 1. The number of hydrogen-bond acceptors (Lipinski definition) is 3. The summed E-state index contributed by atoms with van der Waals surface area (Å²) < 4.78 is 0. The first kappa shape index (κ1) is 18.0. The average Bonchev–Trinajstić information content (AvgIpc) is 2.56. The fourth-order valence-electron chi connectivity index (χ4n) is 3.41. The summed E-state index contributed by atoms with van der Waals surface area (Å²) in [5.74, 6) is 1.17. The van der Waals surface area contributed by atoms with E-state index in [0.717, 1.165) is 31.5 Å². The van der Waals surface area contributed by atoms with E-state index in [2.05, 4.69) is 17.6 Å². The van der Waals surface area contributed by atoms with E-state index in [-0.39, 0.29) is 11.9 Å². The Morgan fingerprint density at radius 2 is 1.91 bits per heavy atom. The van der Waals surface area contributed by atoms with E-state index in [1.165, 1.54) is 0 Å². The minimum atomic E-state index is -0.534. The molecule has 1 fully saturated rings. The van der Waals surface area contributed by atoms with E-state index in [0.29, 0.717) is 24.7 Å². The fraction of sp³-hybridized carbons (Fsp3) is 0.632. The third-order valence-electron chi connectivity index (χ3n) is 4.86. The van der Waals surface area contributed by atoms with Crippen LogP contribution in [0.15, 0.2) is 30.3 Å². The maximum Gasteiger partial charge on any atom is 0.220 e. The Morgan fingerprint density at radius 1 is 1.26 bits per heavy atom. The van der Waals surface area contributed by atoms with Crippen LogP contribution in [0.5, 0.6) is 0 Å². The van der Waals surface area contributed by atoms with Gasteiger partial charge in [0.15, 0.2) is 0 Å². The molecule has 0 radical (unpaired) electrons. The Kier molecular flexibility index (Phi) is 7.06. The molecule has 4 nitrogen and oxygen atoms in total. The summed E-state index contributed by atoms with van der Waals surface area (Å²) in [5.41, 5.74) is 0.900. The summed E-state index contributed by atoms with van der Waals surface area (Å²) in [6.45, 7) is 6.27. The Bertz CT molecular complexity index is 472. The maximum atomic E-state index is 12.2. The van der Waals surface area contributed by atoms with Crippen molar-refractivity contribution < 1.29 is 9.90 Å². The molecular weight excluding hydrogens is 288 g/mol. The van der Waals surface area contributed by atoms with E-state index in [9.17, 15) is 9.90 Å². The second-order valence-electron chi connectivity index (χ2n) is 6.90. The first-order valence-electron chi connectivity index (χ1n) is 8.79. The average molecular weight is 318 g/mol. The number of aliphatic hydroxyl groups excluding tert-OH is 1. The standard InChI is InChI=1S/C19H30N2O2/c1-14(16-8-10-20-11-9-16)12-19(23)21-15(2)13-18(22)17-6-4-3-5-7-17/h3-7,14-16,18,20,22H,8-13H2,1-2H3,(H,21,23). The first-order chi connectivity index (χ1) is 11.1. The summed E-state index contributed by atoms with van der Waals surface area (Å²) in [6.07, 6.45) is 2.91. The minimum absolute atomic E-state index is 0.0297. The SMILES string of the molecule is CC(CC(O)c1ccccc1)NC(=O)CC(C)C1CCNCC1. The second-order valence-corrected chi connectivity index (χ2v) is 6.90. The normalized spacial score (nSPS) is 19.8. The second kappa shape index (κ2) is 9.04. The van der Waals surface area contributed by atoms with Gasteiger partial charge >= 0.3 is 0 Å². The molecule has 1 saturated heterocycles. The van der Waals surface area contributed by atoms with Crippen LogP contribution in [0.25, 0.3) is 0 Å². The zero-order valence-corrected chi connectivity index (χ0v) is 14.3. The molecule has 1 heterocycles. The third kappa shape index (κ3) is 5.96. The smallest absolute Gasteiger partial charge is 0.220 e. The largest absolute Gasteiger partial charge is 0.388 e. The molecule has 128 valence electrons. The van der Waals surface area contributed by atoms with Crippen molar-refractivity contribution in [3.63, 3.8) is 0 Å². The van der Waals surface area contributed by atoms with E-state index in [4.69, 9.17) is 0 Å². The molecule has 4 heteroatoms. The zero-order valence-electron chi connectivity index (χ0n) is 14.3. The number of amides is 1. The highest BCUT2D eigenvalue weighted by atomic mass is 16.3. The number of hydrogen-bond donors (Lipinski definition) is 3. The lowest BCUT2D eigenvalue weighted by Gasteiger charge is -2.28. The molecule has 1 aliphatic rings. The van der Waals surface area contributed by atoms with Gasteiger partial charge < -0.3 is 15.7 Å². The molecule has 1 amide bonds. The maximum absolute atomic E-state index is 12.2. The highest BCUT2D eigenvalue weighted by molar-refractivity contribution is 5.76. The number of rotatable bonds is 7. The Balaban J connectivity index is 1.73. The van der Waals surface area contributed by atoms with Gasteiger partial charge in [-0.1, -0.05) is 37.3 Å². The number of aliphatic hydroxyl groups is 1. The summed E-state index contributed by atoms with van der Waals surface area (Å²) in [7, 11) is 0. The molecule has 0 spiro atoms. The van der Waals surface area contributed by atoms with Gasteiger partial charge in [-0.05, 0) is 56.7 Å².